The van der Waals surface area contributed by atoms with E-state index in [1.165, 1.54) is 16.8 Å². The number of hydrogen-bond donors (Lipinski definition) is 0. The SMILES string of the molecule is CC(C)c1cccc(C(C)C)c1-n1c(-c2[c-]ccc3c2oc2cc4c(ccc5nc(-c6ccccc6)n(C(C)(C)C)c54)cc23)nc2ccccc21.[Ir].[c-]1ccccc1-c1ccccn1. The molecular formula is C57H49IrN5O-2. The van der Waals surface area contributed by atoms with Gasteiger partial charge in [0.05, 0.1) is 33.5 Å². The zero-order valence-electron chi connectivity index (χ0n) is 37.1. The summed E-state index contributed by atoms with van der Waals surface area (Å²) in [5.41, 5.74) is 13.3. The van der Waals surface area contributed by atoms with Gasteiger partial charge in [0.2, 0.25) is 0 Å². The first-order valence-corrected chi connectivity index (χ1v) is 21.8. The second-order valence-electron chi connectivity index (χ2n) is 17.9. The van der Waals surface area contributed by atoms with Crippen molar-refractivity contribution in [3.8, 4) is 39.7 Å². The Kier molecular flexibility index (Phi) is 11.4. The topological polar surface area (TPSA) is 61.7 Å². The molecule has 0 saturated heterocycles. The summed E-state index contributed by atoms with van der Waals surface area (Å²) in [5.74, 6) is 2.45. The second-order valence-corrected chi connectivity index (χ2v) is 17.9. The molecule has 4 heterocycles. The number of fused-ring (bicyclic) bond motifs is 7. The summed E-state index contributed by atoms with van der Waals surface area (Å²) in [4.78, 5) is 14.7. The molecule has 7 aromatic carbocycles. The van der Waals surface area contributed by atoms with Crippen LogP contribution in [0.1, 0.15) is 71.4 Å². The molecule has 11 rings (SSSR count). The third-order valence-electron chi connectivity index (χ3n) is 11.9. The van der Waals surface area contributed by atoms with Gasteiger partial charge in [0.15, 0.2) is 0 Å². The van der Waals surface area contributed by atoms with Crippen LogP contribution < -0.4 is 0 Å². The number of furan rings is 1. The van der Waals surface area contributed by atoms with Gasteiger partial charge in [-0.3, -0.25) is 4.98 Å². The molecule has 1 radical (unpaired) electrons. The number of para-hydroxylation sites is 3. The van der Waals surface area contributed by atoms with Gasteiger partial charge in [-0.25, -0.2) is 4.98 Å². The summed E-state index contributed by atoms with van der Waals surface area (Å²) in [7, 11) is 0. The molecule has 0 amide bonds. The second kappa shape index (κ2) is 17.1. The van der Waals surface area contributed by atoms with Crippen LogP contribution in [0.15, 0.2) is 162 Å². The van der Waals surface area contributed by atoms with E-state index < -0.39 is 0 Å². The number of pyridine rings is 1. The molecule has 0 unspecified atom stereocenters. The predicted molar refractivity (Wildman–Crippen MR) is 261 cm³/mol. The molecule has 0 bridgehead atoms. The van der Waals surface area contributed by atoms with Crippen molar-refractivity contribution in [2.24, 2.45) is 0 Å². The van der Waals surface area contributed by atoms with Crippen LogP contribution in [0.3, 0.4) is 0 Å². The van der Waals surface area contributed by atoms with E-state index in [0.29, 0.717) is 11.8 Å². The minimum absolute atomic E-state index is 0. The van der Waals surface area contributed by atoms with Crippen LogP contribution >= 0.6 is 0 Å². The maximum atomic E-state index is 6.94. The number of hydrogen-bond acceptors (Lipinski definition) is 4. The Hall–Kier alpha value is -6.66. The van der Waals surface area contributed by atoms with E-state index in [1.54, 1.807) is 6.20 Å². The van der Waals surface area contributed by atoms with Crippen molar-refractivity contribution in [1.82, 2.24) is 24.1 Å². The molecule has 6 nitrogen and oxygen atoms in total. The molecule has 0 aliphatic rings. The number of benzene rings is 7. The van der Waals surface area contributed by atoms with E-state index in [4.69, 9.17) is 14.4 Å². The van der Waals surface area contributed by atoms with Crippen LogP contribution in [0.5, 0.6) is 0 Å². The van der Waals surface area contributed by atoms with E-state index in [1.807, 2.05) is 54.6 Å². The van der Waals surface area contributed by atoms with Gasteiger partial charge in [0.25, 0.3) is 0 Å². The van der Waals surface area contributed by atoms with Crippen LogP contribution in [-0.4, -0.2) is 24.1 Å². The van der Waals surface area contributed by atoms with E-state index in [0.717, 1.165) is 88.8 Å². The van der Waals surface area contributed by atoms with Crippen LogP contribution in [0.4, 0.5) is 0 Å². The molecule has 0 saturated carbocycles. The fourth-order valence-corrected chi connectivity index (χ4v) is 8.99. The van der Waals surface area contributed by atoms with Crippen molar-refractivity contribution in [3.63, 3.8) is 0 Å². The van der Waals surface area contributed by atoms with E-state index in [-0.39, 0.29) is 25.6 Å². The van der Waals surface area contributed by atoms with Gasteiger partial charge in [-0.2, -0.15) is 0 Å². The predicted octanol–water partition coefficient (Wildman–Crippen LogP) is 15.1. The first-order chi connectivity index (χ1) is 30.6. The molecule has 319 valence electrons. The molecule has 4 aromatic heterocycles. The van der Waals surface area contributed by atoms with Gasteiger partial charge in [-0.05, 0) is 91.2 Å². The van der Waals surface area contributed by atoms with Gasteiger partial charge in [0.1, 0.15) is 11.4 Å². The molecule has 64 heavy (non-hydrogen) atoms. The molecule has 7 heteroatoms. The summed E-state index contributed by atoms with van der Waals surface area (Å²) in [5, 5.41) is 4.39. The molecule has 0 aliphatic carbocycles. The molecule has 0 spiro atoms. The number of nitrogens with zero attached hydrogens (tertiary/aromatic N) is 5. The van der Waals surface area contributed by atoms with E-state index in [2.05, 4.69) is 172 Å². The quantitative estimate of drug-likeness (QED) is 0.156. The standard InChI is InChI=1S/C46H41N4O.C11H8N.Ir/c1-27(2)31-17-13-18-32(28(3)4)41(31)49-39-22-12-11-21-37(39)47-45(49)34-20-14-19-33-36-25-30-23-24-38-42(35(30)26-40(36)51-43(33)34)50(46(5,6)7)44(48-38)29-15-9-8-10-16-29;1-2-6-10(7-3-1)11-8-4-5-9-12-11;/h8-19,21-28H,1-7H3;1-6,8-9H;/q2*-1;. The van der Waals surface area contributed by atoms with Gasteiger partial charge in [0, 0.05) is 53.9 Å². The molecule has 11 aromatic rings. The van der Waals surface area contributed by atoms with Gasteiger partial charge >= 0.3 is 0 Å². The summed E-state index contributed by atoms with van der Waals surface area (Å²) in [6.07, 6.45) is 1.79. The average Bonchev–Trinajstić information content (AvgIpc) is 4.01. The third kappa shape index (κ3) is 7.53. The first-order valence-electron chi connectivity index (χ1n) is 21.8. The Bertz CT molecular complexity index is 3370. The molecule has 0 aliphatic heterocycles. The van der Waals surface area contributed by atoms with Crippen molar-refractivity contribution >= 4 is 54.8 Å². The van der Waals surface area contributed by atoms with Crippen molar-refractivity contribution < 1.29 is 24.5 Å². The fraction of sp³-hybridized carbons (Fsp3) is 0.175. The Morgan fingerprint density at radius 1 is 0.609 bits per heavy atom. The van der Waals surface area contributed by atoms with Gasteiger partial charge in [-0.1, -0.05) is 118 Å². The maximum Gasteiger partial charge on any atom is 0.141 e. The van der Waals surface area contributed by atoms with E-state index >= 15 is 0 Å². The minimum Gasteiger partial charge on any atom is -0.501 e. The molecule has 0 N–H and O–H groups in total. The number of imidazole rings is 2. The molecule has 0 atom stereocenters. The Morgan fingerprint density at radius 3 is 2.03 bits per heavy atom. The Morgan fingerprint density at radius 2 is 1.33 bits per heavy atom. The van der Waals surface area contributed by atoms with Crippen LogP contribution in [0.25, 0.3) is 94.5 Å². The zero-order valence-corrected chi connectivity index (χ0v) is 39.5. The number of aromatic nitrogens is 5. The first kappa shape index (κ1) is 42.6. The van der Waals surface area contributed by atoms with Crippen LogP contribution in [-0.2, 0) is 25.6 Å². The average molecular weight is 1010 g/mol. The summed E-state index contributed by atoms with van der Waals surface area (Å²) < 4.78 is 11.7. The van der Waals surface area contributed by atoms with Gasteiger partial charge < -0.3 is 18.5 Å². The molecule has 0 fully saturated rings. The van der Waals surface area contributed by atoms with Crippen molar-refractivity contribution in [2.45, 2.75) is 65.8 Å². The Labute approximate surface area is 388 Å². The minimum atomic E-state index is -0.209. The maximum absolute atomic E-state index is 6.94. The number of rotatable bonds is 6. The smallest absolute Gasteiger partial charge is 0.141 e. The molecular weight excluding hydrogens is 963 g/mol. The normalized spacial score (nSPS) is 11.8. The zero-order chi connectivity index (χ0) is 43.4. The van der Waals surface area contributed by atoms with Crippen LogP contribution in [0.2, 0.25) is 0 Å². The largest absolute Gasteiger partial charge is 0.501 e. The van der Waals surface area contributed by atoms with Crippen molar-refractivity contribution in [2.75, 3.05) is 0 Å². The monoisotopic (exact) mass is 1010 g/mol. The van der Waals surface area contributed by atoms with Gasteiger partial charge in [-0.15, -0.1) is 54.1 Å². The van der Waals surface area contributed by atoms with Crippen LogP contribution in [0, 0.1) is 12.1 Å². The van der Waals surface area contributed by atoms with Crippen molar-refractivity contribution in [1.29, 1.82) is 0 Å². The summed E-state index contributed by atoms with van der Waals surface area (Å²) >= 11 is 0. The Balaban J connectivity index is 0.000000345. The van der Waals surface area contributed by atoms with Crippen molar-refractivity contribution in [3.05, 3.63) is 181 Å². The third-order valence-corrected chi connectivity index (χ3v) is 11.9. The summed E-state index contributed by atoms with van der Waals surface area (Å²) in [6.45, 7) is 15.8. The van der Waals surface area contributed by atoms with E-state index in [9.17, 15) is 0 Å². The fourth-order valence-electron chi connectivity index (χ4n) is 8.99. The summed E-state index contributed by atoms with van der Waals surface area (Å²) in [6, 6.07) is 59.0.